The summed E-state index contributed by atoms with van der Waals surface area (Å²) in [5.74, 6) is 0.687. The molecule has 0 unspecified atom stereocenters. The highest BCUT2D eigenvalue weighted by molar-refractivity contribution is 5.95. The average Bonchev–Trinajstić information content (AvgIpc) is 2.66. The normalized spacial score (nSPS) is 11.1. The smallest absolute Gasteiger partial charge is 0.197 e. The topological polar surface area (TPSA) is 44.1 Å². The van der Waals surface area contributed by atoms with E-state index >= 15 is 0 Å². The lowest BCUT2D eigenvalue weighted by Crippen LogP contribution is -2.09. The number of aryl methyl sites for hydroxylation is 1. The van der Waals surface area contributed by atoms with Crippen molar-refractivity contribution >= 4 is 21.8 Å². The quantitative estimate of drug-likeness (QED) is 0.529. The van der Waals surface area contributed by atoms with Crippen molar-refractivity contribution in [2.75, 3.05) is 7.11 Å². The van der Waals surface area contributed by atoms with Crippen LogP contribution in [0.25, 0.3) is 32.9 Å². The molecule has 0 amide bonds. The lowest BCUT2D eigenvalue weighted by molar-refractivity contribution is 0.415. The molecule has 0 fully saturated rings. The number of rotatable bonds is 2. The zero-order valence-electron chi connectivity index (χ0n) is 13.5. The van der Waals surface area contributed by atoms with E-state index in [1.807, 2.05) is 43.4 Å². The van der Waals surface area contributed by atoms with E-state index in [-0.39, 0.29) is 5.43 Å². The van der Waals surface area contributed by atoms with Gasteiger partial charge in [0.2, 0.25) is 0 Å². The Hall–Kier alpha value is -3.14. The molecule has 2 aromatic carbocycles. The van der Waals surface area contributed by atoms with Crippen molar-refractivity contribution in [3.8, 4) is 16.9 Å². The molecule has 0 N–H and O–H groups in total. The third-order valence-corrected chi connectivity index (χ3v) is 4.43. The van der Waals surface area contributed by atoms with Crippen molar-refractivity contribution in [1.82, 2.24) is 9.55 Å². The third kappa shape index (κ3) is 2.15. The van der Waals surface area contributed by atoms with Crippen LogP contribution in [-0.2, 0) is 7.05 Å². The Labute approximate surface area is 139 Å². The van der Waals surface area contributed by atoms with Gasteiger partial charge in [-0.1, -0.05) is 6.07 Å². The van der Waals surface area contributed by atoms with Crippen LogP contribution >= 0.6 is 0 Å². The Morgan fingerprint density at radius 3 is 2.42 bits per heavy atom. The van der Waals surface area contributed by atoms with E-state index in [0.29, 0.717) is 16.5 Å². The van der Waals surface area contributed by atoms with Crippen molar-refractivity contribution in [3.05, 3.63) is 71.1 Å². The first-order valence-electron chi connectivity index (χ1n) is 7.70. The zero-order chi connectivity index (χ0) is 16.7. The highest BCUT2D eigenvalue weighted by Gasteiger charge is 2.11. The van der Waals surface area contributed by atoms with Crippen LogP contribution in [0, 0.1) is 0 Å². The molecule has 0 spiro atoms. The number of aromatic nitrogens is 2. The van der Waals surface area contributed by atoms with Crippen molar-refractivity contribution in [2.24, 2.45) is 7.05 Å². The average molecular weight is 316 g/mol. The summed E-state index contributed by atoms with van der Waals surface area (Å²) < 4.78 is 7.30. The molecule has 0 atom stereocenters. The lowest BCUT2D eigenvalue weighted by atomic mass is 10.0. The van der Waals surface area contributed by atoms with E-state index < -0.39 is 0 Å². The number of ether oxygens (including phenoxy) is 1. The highest BCUT2D eigenvalue weighted by atomic mass is 16.5. The van der Waals surface area contributed by atoms with Crippen molar-refractivity contribution < 1.29 is 4.74 Å². The van der Waals surface area contributed by atoms with E-state index in [0.717, 1.165) is 22.2 Å². The fraction of sp³-hybridized carbons (Fsp3) is 0.100. The van der Waals surface area contributed by atoms with Crippen LogP contribution in [0.5, 0.6) is 5.75 Å². The van der Waals surface area contributed by atoms with Gasteiger partial charge in [-0.15, -0.1) is 0 Å². The van der Waals surface area contributed by atoms with Crippen LogP contribution in [0.4, 0.5) is 0 Å². The molecule has 118 valence electrons. The largest absolute Gasteiger partial charge is 0.497 e. The molecule has 4 heteroatoms. The predicted molar refractivity (Wildman–Crippen MR) is 96.5 cm³/mol. The second-order valence-corrected chi connectivity index (χ2v) is 5.74. The maximum atomic E-state index is 12.9. The summed E-state index contributed by atoms with van der Waals surface area (Å²) in [5, 5.41) is 1.37. The molecule has 4 nitrogen and oxygen atoms in total. The van der Waals surface area contributed by atoms with E-state index in [1.165, 1.54) is 0 Å². The van der Waals surface area contributed by atoms with E-state index in [1.54, 1.807) is 25.6 Å². The van der Waals surface area contributed by atoms with Crippen molar-refractivity contribution in [1.29, 1.82) is 0 Å². The second-order valence-electron chi connectivity index (χ2n) is 5.74. The molecule has 2 heterocycles. The van der Waals surface area contributed by atoms with Crippen molar-refractivity contribution in [3.63, 3.8) is 0 Å². The Morgan fingerprint density at radius 1 is 0.875 bits per heavy atom. The summed E-state index contributed by atoms with van der Waals surface area (Å²) in [7, 11) is 3.58. The molecular weight excluding hydrogens is 300 g/mol. The van der Waals surface area contributed by atoms with Gasteiger partial charge in [-0.05, 0) is 53.6 Å². The molecule has 0 saturated carbocycles. The minimum absolute atomic E-state index is 0.0262. The Bertz CT molecular complexity index is 1120. The van der Waals surface area contributed by atoms with Gasteiger partial charge in [0, 0.05) is 30.2 Å². The summed E-state index contributed by atoms with van der Waals surface area (Å²) in [6, 6.07) is 15.5. The summed E-state index contributed by atoms with van der Waals surface area (Å²) >= 11 is 0. The molecule has 2 aromatic heterocycles. The number of hydrogen-bond donors (Lipinski definition) is 0. The van der Waals surface area contributed by atoms with Gasteiger partial charge in [0.05, 0.1) is 18.1 Å². The molecule has 0 radical (unpaired) electrons. The molecule has 0 aliphatic rings. The van der Waals surface area contributed by atoms with Gasteiger partial charge in [0.1, 0.15) is 5.75 Å². The Morgan fingerprint density at radius 2 is 1.67 bits per heavy atom. The molecule has 0 aliphatic heterocycles. The monoisotopic (exact) mass is 316 g/mol. The highest BCUT2D eigenvalue weighted by Crippen LogP contribution is 2.26. The van der Waals surface area contributed by atoms with Gasteiger partial charge in [-0.3, -0.25) is 9.78 Å². The summed E-state index contributed by atoms with van der Waals surface area (Å²) in [6.07, 6.45) is 3.54. The van der Waals surface area contributed by atoms with Crippen LogP contribution in [0.3, 0.4) is 0 Å². The molecule has 0 aliphatic carbocycles. The fourth-order valence-corrected chi connectivity index (χ4v) is 3.12. The SMILES string of the molecule is COc1ccc2c(c1)c(=O)c1ccc(-c3ccncc3)cc1n2C. The summed E-state index contributed by atoms with van der Waals surface area (Å²) in [4.78, 5) is 16.9. The van der Waals surface area contributed by atoms with Gasteiger partial charge < -0.3 is 9.30 Å². The fourth-order valence-electron chi connectivity index (χ4n) is 3.12. The first-order valence-corrected chi connectivity index (χ1v) is 7.70. The summed E-state index contributed by atoms with van der Waals surface area (Å²) in [6.45, 7) is 0. The number of benzene rings is 2. The van der Waals surface area contributed by atoms with Crippen LogP contribution in [0.1, 0.15) is 0 Å². The zero-order valence-corrected chi connectivity index (χ0v) is 13.5. The van der Waals surface area contributed by atoms with E-state index in [9.17, 15) is 4.79 Å². The maximum absolute atomic E-state index is 12.9. The van der Waals surface area contributed by atoms with Crippen LogP contribution < -0.4 is 10.2 Å². The molecule has 0 bridgehead atoms. The van der Waals surface area contributed by atoms with E-state index in [2.05, 4.69) is 15.6 Å². The number of hydrogen-bond acceptors (Lipinski definition) is 3. The standard InChI is InChI=1S/C20H16N2O2/c1-22-18-6-4-15(24-2)12-17(18)20(23)16-5-3-14(11-19(16)22)13-7-9-21-10-8-13/h3-12H,1-2H3. The van der Waals surface area contributed by atoms with Gasteiger partial charge in [0.25, 0.3) is 0 Å². The first-order chi connectivity index (χ1) is 11.7. The second kappa shape index (κ2) is 5.49. The summed E-state index contributed by atoms with van der Waals surface area (Å²) in [5.41, 5.74) is 3.97. The number of nitrogens with zero attached hydrogens (tertiary/aromatic N) is 2. The number of methoxy groups -OCH3 is 1. The Kier molecular flexibility index (Phi) is 3.31. The minimum Gasteiger partial charge on any atom is -0.497 e. The first kappa shape index (κ1) is 14.5. The number of fused-ring (bicyclic) bond motifs is 2. The van der Waals surface area contributed by atoms with Crippen LogP contribution in [-0.4, -0.2) is 16.7 Å². The van der Waals surface area contributed by atoms with Gasteiger partial charge in [-0.2, -0.15) is 0 Å². The molecule has 0 saturated heterocycles. The molecular formula is C20H16N2O2. The predicted octanol–water partition coefficient (Wildman–Crippen LogP) is 3.76. The minimum atomic E-state index is 0.0262. The Balaban J connectivity index is 2.06. The molecule has 4 aromatic rings. The van der Waals surface area contributed by atoms with Crippen molar-refractivity contribution in [2.45, 2.75) is 0 Å². The molecule has 4 rings (SSSR count). The van der Waals surface area contributed by atoms with Gasteiger partial charge in [-0.25, -0.2) is 0 Å². The molecule has 24 heavy (non-hydrogen) atoms. The van der Waals surface area contributed by atoms with Gasteiger partial charge >= 0.3 is 0 Å². The third-order valence-electron chi connectivity index (χ3n) is 4.43. The maximum Gasteiger partial charge on any atom is 0.197 e. The van der Waals surface area contributed by atoms with Crippen LogP contribution in [0.2, 0.25) is 0 Å². The van der Waals surface area contributed by atoms with Crippen LogP contribution in [0.15, 0.2) is 65.7 Å². The van der Waals surface area contributed by atoms with E-state index in [4.69, 9.17) is 4.74 Å². The lowest BCUT2D eigenvalue weighted by Gasteiger charge is -2.12. The number of pyridine rings is 2. The van der Waals surface area contributed by atoms with Gasteiger partial charge in [0.15, 0.2) is 5.43 Å².